The fraction of sp³-hybridized carbons (Fsp3) is 0.727. The van der Waals surface area contributed by atoms with Gasteiger partial charge in [0, 0.05) is 26.4 Å². The van der Waals surface area contributed by atoms with Crippen molar-refractivity contribution in [1.29, 1.82) is 0 Å². The molecule has 3 nitrogen and oxygen atoms in total. The predicted octanol–water partition coefficient (Wildman–Crippen LogP) is 1.34. The smallest absolute Gasteiger partial charge is 0.188 e. The van der Waals surface area contributed by atoms with Crippen molar-refractivity contribution >= 4 is 5.78 Å². The normalized spacial score (nSPS) is 35.4. The lowest BCUT2D eigenvalue weighted by Gasteiger charge is -2.20. The lowest BCUT2D eigenvalue weighted by Crippen LogP contribution is -2.34. The Balaban J connectivity index is 2.04. The summed E-state index contributed by atoms with van der Waals surface area (Å²) in [5.41, 5.74) is -0.447. The molecule has 2 aliphatic heterocycles. The minimum absolute atomic E-state index is 0.145. The van der Waals surface area contributed by atoms with Crippen molar-refractivity contribution in [3.05, 3.63) is 12.3 Å². The number of rotatable bonds is 3. The van der Waals surface area contributed by atoms with Gasteiger partial charge in [-0.3, -0.25) is 4.79 Å². The van der Waals surface area contributed by atoms with Crippen molar-refractivity contribution in [2.45, 2.75) is 37.4 Å². The van der Waals surface area contributed by atoms with Crippen LogP contribution in [0.1, 0.15) is 25.7 Å². The first-order valence-electron chi connectivity index (χ1n) is 5.19. The van der Waals surface area contributed by atoms with Crippen LogP contribution < -0.4 is 0 Å². The molecule has 0 spiro atoms. The van der Waals surface area contributed by atoms with Gasteiger partial charge in [-0.05, 0) is 25.7 Å². The lowest BCUT2D eigenvalue weighted by molar-refractivity contribution is -0.132. The molecule has 14 heavy (non-hydrogen) atoms. The Hall–Kier alpha value is -0.830. The van der Waals surface area contributed by atoms with Crippen LogP contribution in [0.4, 0.5) is 0 Å². The van der Waals surface area contributed by atoms with Gasteiger partial charge in [0.1, 0.15) is 5.60 Å². The summed E-state index contributed by atoms with van der Waals surface area (Å²) in [4.78, 5) is 13.8. The maximum atomic E-state index is 11.9. The zero-order valence-electron chi connectivity index (χ0n) is 8.82. The van der Waals surface area contributed by atoms with Gasteiger partial charge in [-0.1, -0.05) is 0 Å². The number of ketones is 1. The summed E-state index contributed by atoms with van der Waals surface area (Å²) in [6.07, 6.45) is 7.73. The number of nitrogens with zero attached hydrogens (tertiary/aromatic N) is 1. The molecular weight excluding hydrogens is 178 g/mol. The highest BCUT2D eigenvalue weighted by atomic mass is 16.5. The summed E-state index contributed by atoms with van der Waals surface area (Å²) in [5, 5.41) is 0. The molecule has 2 rings (SSSR count). The summed E-state index contributed by atoms with van der Waals surface area (Å²) in [7, 11) is 3.82. The van der Waals surface area contributed by atoms with E-state index in [9.17, 15) is 4.79 Å². The molecule has 2 aliphatic rings. The molecule has 0 aromatic rings. The molecule has 0 N–H and O–H groups in total. The van der Waals surface area contributed by atoms with Gasteiger partial charge in [-0.25, -0.2) is 0 Å². The van der Waals surface area contributed by atoms with E-state index in [1.807, 2.05) is 19.0 Å². The lowest BCUT2D eigenvalue weighted by atomic mass is 9.85. The number of hydrogen-bond donors (Lipinski definition) is 0. The first-order chi connectivity index (χ1) is 6.62. The summed E-state index contributed by atoms with van der Waals surface area (Å²) < 4.78 is 5.73. The van der Waals surface area contributed by atoms with E-state index in [-0.39, 0.29) is 5.78 Å². The van der Waals surface area contributed by atoms with Gasteiger partial charge in [-0.15, -0.1) is 0 Å². The monoisotopic (exact) mass is 195 g/mol. The first kappa shape index (κ1) is 9.71. The van der Waals surface area contributed by atoms with E-state index >= 15 is 0 Å². The first-order valence-corrected chi connectivity index (χ1v) is 5.19. The van der Waals surface area contributed by atoms with Crippen molar-refractivity contribution in [1.82, 2.24) is 4.90 Å². The molecule has 2 saturated heterocycles. The van der Waals surface area contributed by atoms with Crippen LogP contribution in [-0.4, -0.2) is 36.5 Å². The fourth-order valence-electron chi connectivity index (χ4n) is 2.29. The number of hydrogen-bond acceptors (Lipinski definition) is 3. The number of carbonyl (C=O) groups is 1. The molecule has 2 fully saturated rings. The Morgan fingerprint density at radius 3 is 2.50 bits per heavy atom. The van der Waals surface area contributed by atoms with E-state index in [1.54, 1.807) is 12.3 Å². The number of carbonyl (C=O) groups excluding carboxylic acids is 1. The summed E-state index contributed by atoms with van der Waals surface area (Å²) in [6, 6.07) is 0. The quantitative estimate of drug-likeness (QED) is 0.636. The van der Waals surface area contributed by atoms with Crippen molar-refractivity contribution in [3.63, 3.8) is 0 Å². The van der Waals surface area contributed by atoms with Gasteiger partial charge >= 0.3 is 0 Å². The van der Waals surface area contributed by atoms with Crippen LogP contribution in [0.25, 0.3) is 0 Å². The van der Waals surface area contributed by atoms with Gasteiger partial charge in [0.25, 0.3) is 0 Å². The highest BCUT2D eigenvalue weighted by Crippen LogP contribution is 2.44. The van der Waals surface area contributed by atoms with Crippen LogP contribution in [0.2, 0.25) is 0 Å². The van der Waals surface area contributed by atoms with Crippen LogP contribution in [0.5, 0.6) is 0 Å². The van der Waals surface area contributed by atoms with E-state index in [1.165, 1.54) is 0 Å². The maximum Gasteiger partial charge on any atom is 0.188 e. The zero-order chi connectivity index (χ0) is 10.2. The van der Waals surface area contributed by atoms with Gasteiger partial charge < -0.3 is 9.64 Å². The predicted molar refractivity (Wildman–Crippen MR) is 53.9 cm³/mol. The van der Waals surface area contributed by atoms with E-state index in [0.29, 0.717) is 6.10 Å². The molecule has 3 heteroatoms. The average molecular weight is 195 g/mol. The summed E-state index contributed by atoms with van der Waals surface area (Å²) >= 11 is 0. The minimum Gasteiger partial charge on any atom is -0.383 e. The fourth-order valence-corrected chi connectivity index (χ4v) is 2.29. The number of ether oxygens (including phenoxy) is 1. The van der Waals surface area contributed by atoms with Crippen LogP contribution in [0.15, 0.2) is 12.3 Å². The molecule has 0 radical (unpaired) electrons. The minimum atomic E-state index is -0.447. The van der Waals surface area contributed by atoms with Crippen LogP contribution in [-0.2, 0) is 9.53 Å². The molecular formula is C11H17NO2. The third-order valence-electron chi connectivity index (χ3n) is 3.11. The molecule has 0 aliphatic carbocycles. The van der Waals surface area contributed by atoms with E-state index in [2.05, 4.69) is 0 Å². The molecule has 0 unspecified atom stereocenters. The molecule has 2 heterocycles. The van der Waals surface area contributed by atoms with E-state index < -0.39 is 5.60 Å². The molecule has 0 atom stereocenters. The van der Waals surface area contributed by atoms with Crippen molar-refractivity contribution in [3.8, 4) is 0 Å². The second-order valence-corrected chi connectivity index (χ2v) is 4.46. The van der Waals surface area contributed by atoms with Crippen LogP contribution >= 0.6 is 0 Å². The second kappa shape index (κ2) is 3.39. The topological polar surface area (TPSA) is 29.5 Å². The molecule has 78 valence electrons. The Kier molecular flexibility index (Phi) is 2.35. The largest absolute Gasteiger partial charge is 0.383 e. The Morgan fingerprint density at radius 1 is 1.43 bits per heavy atom. The molecule has 0 aromatic carbocycles. The van der Waals surface area contributed by atoms with Crippen molar-refractivity contribution in [2.75, 3.05) is 14.1 Å². The van der Waals surface area contributed by atoms with Crippen LogP contribution in [0.3, 0.4) is 0 Å². The summed E-state index contributed by atoms with van der Waals surface area (Å²) in [6.45, 7) is 0. The van der Waals surface area contributed by atoms with Gasteiger partial charge in [0.2, 0.25) is 0 Å². The molecule has 0 amide bonds. The van der Waals surface area contributed by atoms with E-state index in [4.69, 9.17) is 4.74 Å². The SMILES string of the molecule is CN(C)/C=C/C(=O)C12CCC(CC1)O2. The zero-order valence-corrected chi connectivity index (χ0v) is 8.82. The number of fused-ring (bicyclic) bond motifs is 2. The third kappa shape index (κ3) is 1.57. The standard InChI is InChI=1S/C11H17NO2/c1-12(2)8-5-10(13)11-6-3-9(14-11)4-7-11/h5,8-9H,3-4,6-7H2,1-2H3/b8-5+. The Labute approximate surface area is 84.7 Å². The van der Waals surface area contributed by atoms with Gasteiger partial charge in [-0.2, -0.15) is 0 Å². The maximum absolute atomic E-state index is 11.9. The second-order valence-electron chi connectivity index (χ2n) is 4.46. The third-order valence-corrected chi connectivity index (χ3v) is 3.11. The molecule has 0 saturated carbocycles. The molecule has 2 bridgehead atoms. The van der Waals surface area contributed by atoms with Crippen molar-refractivity contribution in [2.24, 2.45) is 0 Å². The van der Waals surface area contributed by atoms with Gasteiger partial charge in [0.15, 0.2) is 5.78 Å². The highest BCUT2D eigenvalue weighted by molar-refractivity contribution is 5.97. The Bertz CT molecular complexity index is 262. The summed E-state index contributed by atoms with van der Waals surface area (Å²) in [5.74, 6) is 0.145. The highest BCUT2D eigenvalue weighted by Gasteiger charge is 2.50. The van der Waals surface area contributed by atoms with Crippen molar-refractivity contribution < 1.29 is 9.53 Å². The van der Waals surface area contributed by atoms with Gasteiger partial charge in [0.05, 0.1) is 6.10 Å². The average Bonchev–Trinajstić information content (AvgIpc) is 2.74. The van der Waals surface area contributed by atoms with E-state index in [0.717, 1.165) is 25.7 Å². The van der Waals surface area contributed by atoms with Crippen LogP contribution in [0, 0.1) is 0 Å². The molecule has 0 aromatic heterocycles. The Morgan fingerprint density at radius 2 is 2.07 bits per heavy atom.